The van der Waals surface area contributed by atoms with Crippen LogP contribution in [0.15, 0.2) is 29.2 Å². The number of likely N-dealkylation sites (N-methyl/N-ethyl adjacent to an activating group) is 1. The number of rotatable bonds is 6. The van der Waals surface area contributed by atoms with Crippen molar-refractivity contribution in [3.05, 3.63) is 24.3 Å². The number of alkyl halides is 3. The minimum Gasteiger partial charge on any atom is -0.406 e. The molecule has 5 nitrogen and oxygen atoms in total. The van der Waals surface area contributed by atoms with Crippen LogP contribution in [-0.4, -0.2) is 43.9 Å². The van der Waals surface area contributed by atoms with Crippen LogP contribution in [0.25, 0.3) is 0 Å². The van der Waals surface area contributed by atoms with Gasteiger partial charge in [-0.05, 0) is 12.1 Å². The Bertz CT molecular complexity index is 545. The number of sulfonamides is 1. The van der Waals surface area contributed by atoms with Crippen LogP contribution in [-0.2, 0) is 10.0 Å². The highest BCUT2D eigenvalue weighted by molar-refractivity contribution is 7.89. The lowest BCUT2D eigenvalue weighted by Crippen LogP contribution is -2.33. The Kier molecular flexibility index (Phi) is 5.37. The molecule has 0 atom stereocenters. The number of ether oxygens (including phenoxy) is 1. The van der Waals surface area contributed by atoms with Crippen molar-refractivity contribution in [2.24, 2.45) is 0 Å². The van der Waals surface area contributed by atoms with E-state index in [0.717, 1.165) is 22.5 Å². The van der Waals surface area contributed by atoms with E-state index in [2.05, 4.69) is 4.74 Å². The molecule has 1 rings (SSSR count). The third-order valence-corrected chi connectivity index (χ3v) is 4.35. The van der Waals surface area contributed by atoms with Crippen LogP contribution in [0.5, 0.6) is 5.75 Å². The summed E-state index contributed by atoms with van der Waals surface area (Å²) in [5.41, 5.74) is 0. The summed E-state index contributed by atoms with van der Waals surface area (Å²) in [5, 5.41) is 8.81. The van der Waals surface area contributed by atoms with Gasteiger partial charge in [0.15, 0.2) is 0 Å². The number of aliphatic hydroxyl groups is 1. The highest BCUT2D eigenvalue weighted by Gasteiger charge is 2.32. The first-order valence-electron chi connectivity index (χ1n) is 5.67. The lowest BCUT2D eigenvalue weighted by atomic mass is 10.3. The fourth-order valence-electron chi connectivity index (χ4n) is 1.54. The number of aliphatic hydroxyl groups excluding tert-OH is 1. The van der Waals surface area contributed by atoms with E-state index >= 15 is 0 Å². The first-order valence-corrected chi connectivity index (χ1v) is 7.11. The van der Waals surface area contributed by atoms with Gasteiger partial charge in [-0.15, -0.1) is 13.2 Å². The monoisotopic (exact) mass is 313 g/mol. The van der Waals surface area contributed by atoms with Crippen LogP contribution in [0.2, 0.25) is 0 Å². The van der Waals surface area contributed by atoms with E-state index in [9.17, 15) is 21.6 Å². The summed E-state index contributed by atoms with van der Waals surface area (Å²) in [6.45, 7) is 1.13. The van der Waals surface area contributed by atoms with Gasteiger partial charge >= 0.3 is 6.36 Å². The van der Waals surface area contributed by atoms with Crippen molar-refractivity contribution in [1.82, 2.24) is 4.31 Å². The third-order valence-electron chi connectivity index (χ3n) is 2.38. The second kappa shape index (κ2) is 6.42. The predicted octanol–water partition coefficient (Wildman–Crippen LogP) is 1.59. The lowest BCUT2D eigenvalue weighted by molar-refractivity contribution is -0.274. The maximum absolute atomic E-state index is 12.1. The van der Waals surface area contributed by atoms with Crippen molar-refractivity contribution in [1.29, 1.82) is 0 Å². The fraction of sp³-hybridized carbons (Fsp3) is 0.455. The molecule has 114 valence electrons. The molecule has 0 aromatic heterocycles. The normalized spacial score (nSPS) is 12.7. The molecule has 1 N–H and O–H groups in total. The Balaban J connectivity index is 3.10. The second-order valence-corrected chi connectivity index (χ2v) is 5.68. The van der Waals surface area contributed by atoms with E-state index in [0.29, 0.717) is 0 Å². The smallest absolute Gasteiger partial charge is 0.406 e. The molecule has 0 spiro atoms. The Hall–Kier alpha value is -1.32. The van der Waals surface area contributed by atoms with Gasteiger partial charge in [0.1, 0.15) is 5.75 Å². The molecule has 0 aliphatic carbocycles. The van der Waals surface area contributed by atoms with Crippen molar-refractivity contribution in [2.45, 2.75) is 18.2 Å². The van der Waals surface area contributed by atoms with Crippen LogP contribution >= 0.6 is 0 Å². The first kappa shape index (κ1) is 16.7. The summed E-state index contributed by atoms with van der Waals surface area (Å²) in [6.07, 6.45) is -4.89. The average Bonchev–Trinajstić information content (AvgIpc) is 2.34. The topological polar surface area (TPSA) is 66.8 Å². The molecule has 0 aliphatic rings. The average molecular weight is 313 g/mol. The molecule has 0 fully saturated rings. The number of halogens is 3. The van der Waals surface area contributed by atoms with Crippen molar-refractivity contribution in [3.63, 3.8) is 0 Å². The van der Waals surface area contributed by atoms with E-state index in [4.69, 9.17) is 5.11 Å². The van der Waals surface area contributed by atoms with Crippen molar-refractivity contribution in [3.8, 4) is 5.75 Å². The zero-order chi connectivity index (χ0) is 15.4. The molecule has 0 radical (unpaired) electrons. The zero-order valence-corrected chi connectivity index (χ0v) is 11.4. The molecule has 1 aromatic rings. The highest BCUT2D eigenvalue weighted by atomic mass is 32.2. The predicted molar refractivity (Wildman–Crippen MR) is 64.6 cm³/mol. The van der Waals surface area contributed by atoms with E-state index in [-0.39, 0.29) is 24.6 Å². The quantitative estimate of drug-likeness (QED) is 0.866. The summed E-state index contributed by atoms with van der Waals surface area (Å²) in [6, 6.07) is 4.12. The Labute approximate surface area is 114 Å². The van der Waals surface area contributed by atoms with Gasteiger partial charge in [0.2, 0.25) is 10.0 Å². The minimum atomic E-state index is -4.89. The minimum absolute atomic E-state index is 0.0905. The second-order valence-electron chi connectivity index (χ2n) is 3.74. The van der Waals surface area contributed by atoms with Gasteiger partial charge in [-0.3, -0.25) is 0 Å². The third kappa shape index (κ3) is 4.36. The van der Waals surface area contributed by atoms with Crippen LogP contribution in [0.1, 0.15) is 6.92 Å². The highest BCUT2D eigenvalue weighted by Crippen LogP contribution is 2.26. The molecule has 0 unspecified atom stereocenters. The van der Waals surface area contributed by atoms with Crippen LogP contribution < -0.4 is 4.74 Å². The van der Waals surface area contributed by atoms with Crippen LogP contribution in [0.4, 0.5) is 13.2 Å². The lowest BCUT2D eigenvalue weighted by Gasteiger charge is -2.19. The molecule has 20 heavy (non-hydrogen) atoms. The van der Waals surface area contributed by atoms with E-state index in [1.54, 1.807) is 6.92 Å². The van der Waals surface area contributed by atoms with Crippen molar-refractivity contribution >= 4 is 10.0 Å². The summed E-state index contributed by atoms with van der Waals surface area (Å²) < 4.78 is 65.2. The molecule has 0 saturated carbocycles. The molecular formula is C11H14F3NO4S. The van der Waals surface area contributed by atoms with Gasteiger partial charge < -0.3 is 9.84 Å². The first-order chi connectivity index (χ1) is 9.20. The standard InChI is InChI=1S/C11H14F3NO4S/c1-2-15(6-7-16)20(17,18)10-5-3-4-9(8-10)19-11(12,13)14/h3-5,8,16H,2,6-7H2,1H3. The van der Waals surface area contributed by atoms with Gasteiger partial charge in [-0.25, -0.2) is 8.42 Å². The fourth-order valence-corrected chi connectivity index (χ4v) is 3.02. The van der Waals surface area contributed by atoms with Gasteiger partial charge in [-0.2, -0.15) is 4.31 Å². The summed E-state index contributed by atoms with van der Waals surface area (Å²) in [5.74, 6) is -0.612. The van der Waals surface area contributed by atoms with Crippen LogP contribution in [0.3, 0.4) is 0 Å². The Morgan fingerprint density at radius 3 is 2.50 bits per heavy atom. The SMILES string of the molecule is CCN(CCO)S(=O)(=O)c1cccc(OC(F)(F)F)c1. The number of hydrogen-bond donors (Lipinski definition) is 1. The van der Waals surface area contributed by atoms with E-state index in [1.165, 1.54) is 6.07 Å². The summed E-state index contributed by atoms with van der Waals surface area (Å²) in [4.78, 5) is -0.324. The van der Waals surface area contributed by atoms with Gasteiger partial charge in [-0.1, -0.05) is 13.0 Å². The molecule has 0 saturated heterocycles. The van der Waals surface area contributed by atoms with Gasteiger partial charge in [0.05, 0.1) is 11.5 Å². The maximum atomic E-state index is 12.1. The van der Waals surface area contributed by atoms with Crippen molar-refractivity contribution in [2.75, 3.05) is 19.7 Å². The van der Waals surface area contributed by atoms with Crippen LogP contribution in [0, 0.1) is 0 Å². The largest absolute Gasteiger partial charge is 0.573 e. The van der Waals surface area contributed by atoms with Crippen molar-refractivity contribution < 1.29 is 31.4 Å². The van der Waals surface area contributed by atoms with Gasteiger partial charge in [0.25, 0.3) is 0 Å². The number of benzene rings is 1. The zero-order valence-electron chi connectivity index (χ0n) is 10.6. The maximum Gasteiger partial charge on any atom is 0.573 e. The molecule has 0 amide bonds. The molecule has 9 heteroatoms. The molecule has 0 aliphatic heterocycles. The Morgan fingerprint density at radius 1 is 1.35 bits per heavy atom. The molecule has 1 aromatic carbocycles. The number of hydrogen-bond acceptors (Lipinski definition) is 4. The summed E-state index contributed by atoms with van der Waals surface area (Å²) in [7, 11) is -3.97. The number of nitrogens with zero attached hydrogens (tertiary/aromatic N) is 1. The molecular weight excluding hydrogens is 299 g/mol. The van der Waals surface area contributed by atoms with E-state index < -0.39 is 22.1 Å². The Morgan fingerprint density at radius 2 is 2.00 bits per heavy atom. The molecule has 0 bridgehead atoms. The van der Waals surface area contributed by atoms with E-state index in [1.807, 2.05) is 0 Å². The van der Waals surface area contributed by atoms with Gasteiger partial charge in [0, 0.05) is 19.2 Å². The molecule has 0 heterocycles. The summed E-state index contributed by atoms with van der Waals surface area (Å²) >= 11 is 0.